The number of amides is 2. The summed E-state index contributed by atoms with van der Waals surface area (Å²) >= 11 is 5.85. The van der Waals surface area contributed by atoms with Gasteiger partial charge < -0.3 is 15.4 Å². The molecule has 1 heterocycles. The van der Waals surface area contributed by atoms with Gasteiger partial charge in [0, 0.05) is 28.5 Å². The minimum absolute atomic E-state index is 0.0647. The highest BCUT2D eigenvalue weighted by Crippen LogP contribution is 2.28. The number of rotatable bonds is 5. The number of aryl methyl sites for hydroxylation is 1. The highest BCUT2D eigenvalue weighted by atomic mass is 35.5. The number of hydrogen-bond donors (Lipinski definition) is 3. The molecule has 0 aliphatic carbocycles. The van der Waals surface area contributed by atoms with Gasteiger partial charge in [0.1, 0.15) is 5.75 Å². The van der Waals surface area contributed by atoms with E-state index >= 15 is 0 Å². The van der Waals surface area contributed by atoms with E-state index in [9.17, 15) is 13.2 Å². The number of nitrogens with one attached hydrogen (secondary N) is 3. The number of fused-ring (bicyclic) bond motifs is 1. The van der Waals surface area contributed by atoms with Crippen LogP contribution < -0.4 is 20.1 Å². The van der Waals surface area contributed by atoms with Crippen LogP contribution >= 0.6 is 11.6 Å². The van der Waals surface area contributed by atoms with E-state index in [-0.39, 0.29) is 4.90 Å². The van der Waals surface area contributed by atoms with Gasteiger partial charge in [0.15, 0.2) is 0 Å². The highest BCUT2D eigenvalue weighted by molar-refractivity contribution is 7.92. The van der Waals surface area contributed by atoms with Crippen molar-refractivity contribution in [2.75, 3.05) is 22.0 Å². The first-order valence-electron chi connectivity index (χ1n) is 9.53. The quantitative estimate of drug-likeness (QED) is 0.500. The lowest BCUT2D eigenvalue weighted by molar-refractivity contribution is 0.262. The van der Waals surface area contributed by atoms with Crippen LogP contribution in [0.5, 0.6) is 5.75 Å². The van der Waals surface area contributed by atoms with Gasteiger partial charge in [-0.1, -0.05) is 17.7 Å². The van der Waals surface area contributed by atoms with Crippen LogP contribution in [0.4, 0.5) is 21.9 Å². The molecular formula is C22H20ClN3O4S. The summed E-state index contributed by atoms with van der Waals surface area (Å²) in [4.78, 5) is 12.5. The molecule has 160 valence electrons. The van der Waals surface area contributed by atoms with Gasteiger partial charge in [-0.15, -0.1) is 0 Å². The van der Waals surface area contributed by atoms with Crippen molar-refractivity contribution in [1.82, 2.24) is 0 Å². The Hall–Kier alpha value is -3.23. The van der Waals surface area contributed by atoms with E-state index in [1.54, 1.807) is 49.4 Å². The Morgan fingerprint density at radius 1 is 0.935 bits per heavy atom. The summed E-state index contributed by atoms with van der Waals surface area (Å²) in [7, 11) is -3.86. The molecule has 7 nitrogen and oxygen atoms in total. The molecule has 0 bridgehead atoms. The Balaban J connectivity index is 1.49. The molecule has 31 heavy (non-hydrogen) atoms. The zero-order valence-corrected chi connectivity index (χ0v) is 18.2. The monoisotopic (exact) mass is 457 g/mol. The Kier molecular flexibility index (Phi) is 5.75. The molecule has 0 fully saturated rings. The normalized spacial score (nSPS) is 12.6. The molecular weight excluding hydrogens is 438 g/mol. The molecule has 0 radical (unpaired) electrons. The third kappa shape index (κ3) is 4.92. The predicted octanol–water partition coefficient (Wildman–Crippen LogP) is 5.03. The van der Waals surface area contributed by atoms with Gasteiger partial charge >= 0.3 is 6.03 Å². The van der Waals surface area contributed by atoms with Gasteiger partial charge in [0.25, 0.3) is 10.0 Å². The van der Waals surface area contributed by atoms with Crippen molar-refractivity contribution in [3.63, 3.8) is 0 Å². The van der Waals surface area contributed by atoms with Crippen molar-refractivity contribution in [1.29, 1.82) is 0 Å². The minimum atomic E-state index is -3.86. The molecule has 3 N–H and O–H groups in total. The molecule has 2 amide bonds. The molecule has 0 atom stereocenters. The van der Waals surface area contributed by atoms with E-state index in [0.29, 0.717) is 34.3 Å². The molecule has 1 aliphatic rings. The van der Waals surface area contributed by atoms with Crippen molar-refractivity contribution in [3.05, 3.63) is 76.8 Å². The maximum atomic E-state index is 12.9. The zero-order valence-electron chi connectivity index (χ0n) is 16.6. The Morgan fingerprint density at radius 3 is 2.32 bits per heavy atom. The van der Waals surface area contributed by atoms with Gasteiger partial charge in [0.2, 0.25) is 0 Å². The number of carbonyl (C=O) groups excluding carboxylic acids is 1. The van der Waals surface area contributed by atoms with Crippen LogP contribution in [0.1, 0.15) is 11.1 Å². The van der Waals surface area contributed by atoms with Crippen LogP contribution in [-0.4, -0.2) is 21.1 Å². The minimum Gasteiger partial charge on any atom is -0.493 e. The lowest BCUT2D eigenvalue weighted by atomic mass is 10.1. The summed E-state index contributed by atoms with van der Waals surface area (Å²) in [6.07, 6.45) is 0.798. The maximum absolute atomic E-state index is 12.9. The van der Waals surface area contributed by atoms with Crippen LogP contribution in [0, 0.1) is 6.92 Å². The first kappa shape index (κ1) is 21.0. The van der Waals surface area contributed by atoms with Gasteiger partial charge in [-0.05, 0) is 72.6 Å². The number of carbonyl (C=O) groups is 1. The molecule has 0 saturated heterocycles. The topological polar surface area (TPSA) is 96.5 Å². The molecule has 0 saturated carbocycles. The molecule has 3 aromatic rings. The smallest absolute Gasteiger partial charge is 0.323 e. The standard InChI is InChI=1S/C22H20ClN3O4S/c1-14-2-5-19(13-21(14)31(28,29)26-17-6-3-16(23)4-7-17)25-22(27)24-18-8-9-20-15(12-18)10-11-30-20/h2-9,12-13,26H,10-11H2,1H3,(H2,24,25,27). The van der Waals surface area contributed by atoms with Crippen LogP contribution in [-0.2, 0) is 16.4 Å². The van der Waals surface area contributed by atoms with Gasteiger partial charge in [-0.25, -0.2) is 13.2 Å². The van der Waals surface area contributed by atoms with Crippen molar-refractivity contribution in [2.24, 2.45) is 0 Å². The van der Waals surface area contributed by atoms with Crippen LogP contribution in [0.3, 0.4) is 0 Å². The van der Waals surface area contributed by atoms with Crippen molar-refractivity contribution in [2.45, 2.75) is 18.2 Å². The SMILES string of the molecule is Cc1ccc(NC(=O)Nc2ccc3c(c2)CCO3)cc1S(=O)(=O)Nc1ccc(Cl)cc1. The zero-order chi connectivity index (χ0) is 22.0. The second-order valence-electron chi connectivity index (χ2n) is 7.09. The fraction of sp³-hybridized carbons (Fsp3) is 0.136. The summed E-state index contributed by atoms with van der Waals surface area (Å²) in [5.74, 6) is 0.826. The number of anilines is 3. The Labute approximate surface area is 185 Å². The van der Waals surface area contributed by atoms with E-state index in [1.165, 1.54) is 6.07 Å². The second kappa shape index (κ2) is 8.49. The molecule has 3 aromatic carbocycles. The fourth-order valence-corrected chi connectivity index (χ4v) is 4.71. The lowest BCUT2D eigenvalue weighted by Gasteiger charge is -2.13. The van der Waals surface area contributed by atoms with Crippen molar-refractivity contribution >= 4 is 44.7 Å². The number of halogens is 1. The number of sulfonamides is 1. The van der Waals surface area contributed by atoms with Gasteiger partial charge in [-0.3, -0.25) is 4.72 Å². The third-order valence-electron chi connectivity index (χ3n) is 4.78. The highest BCUT2D eigenvalue weighted by Gasteiger charge is 2.19. The first-order valence-corrected chi connectivity index (χ1v) is 11.4. The maximum Gasteiger partial charge on any atom is 0.323 e. The van der Waals surface area contributed by atoms with Crippen LogP contribution in [0.2, 0.25) is 5.02 Å². The second-order valence-corrected chi connectivity index (χ2v) is 9.18. The number of benzene rings is 3. The lowest BCUT2D eigenvalue weighted by Crippen LogP contribution is -2.20. The molecule has 0 aromatic heterocycles. The van der Waals surface area contributed by atoms with Crippen LogP contribution in [0.25, 0.3) is 0 Å². The fourth-order valence-electron chi connectivity index (χ4n) is 3.25. The van der Waals surface area contributed by atoms with E-state index in [0.717, 1.165) is 17.7 Å². The summed E-state index contributed by atoms with van der Waals surface area (Å²) in [6, 6.07) is 16.0. The molecule has 0 unspecified atom stereocenters. The number of hydrogen-bond acceptors (Lipinski definition) is 4. The average Bonchev–Trinajstić information content (AvgIpc) is 3.19. The summed E-state index contributed by atoms with van der Waals surface area (Å²) in [5.41, 5.74) is 2.96. The first-order chi connectivity index (χ1) is 14.8. The molecule has 1 aliphatic heterocycles. The molecule has 4 rings (SSSR count). The van der Waals surface area contributed by atoms with E-state index in [2.05, 4.69) is 15.4 Å². The predicted molar refractivity (Wildman–Crippen MR) is 122 cm³/mol. The van der Waals surface area contributed by atoms with E-state index < -0.39 is 16.1 Å². The number of ether oxygens (including phenoxy) is 1. The number of urea groups is 1. The summed E-state index contributed by atoms with van der Waals surface area (Å²) < 4.78 is 33.7. The Morgan fingerprint density at radius 2 is 1.58 bits per heavy atom. The van der Waals surface area contributed by atoms with E-state index in [4.69, 9.17) is 16.3 Å². The largest absolute Gasteiger partial charge is 0.493 e. The van der Waals surface area contributed by atoms with Gasteiger partial charge in [0.05, 0.1) is 11.5 Å². The summed E-state index contributed by atoms with van der Waals surface area (Å²) in [5, 5.41) is 5.94. The average molecular weight is 458 g/mol. The van der Waals surface area contributed by atoms with Crippen molar-refractivity contribution < 1.29 is 17.9 Å². The van der Waals surface area contributed by atoms with E-state index in [1.807, 2.05) is 12.1 Å². The third-order valence-corrected chi connectivity index (χ3v) is 6.55. The van der Waals surface area contributed by atoms with Crippen LogP contribution in [0.15, 0.2) is 65.6 Å². The van der Waals surface area contributed by atoms with Crippen molar-refractivity contribution in [3.8, 4) is 5.75 Å². The van der Waals surface area contributed by atoms with Gasteiger partial charge in [-0.2, -0.15) is 0 Å². The molecule has 9 heteroatoms. The Bertz CT molecular complexity index is 1240. The summed E-state index contributed by atoms with van der Waals surface area (Å²) in [6.45, 7) is 2.32. The molecule has 0 spiro atoms.